The fourth-order valence-electron chi connectivity index (χ4n) is 3.36. The molecular weight excluding hydrogens is 364 g/mol. The number of amides is 1. The maximum absolute atomic E-state index is 13.1. The number of piperazine rings is 1. The molecule has 1 aliphatic rings. The van der Waals surface area contributed by atoms with E-state index in [1.54, 1.807) is 12.3 Å². The largest absolute Gasteiger partial charge is 0.463 e. The van der Waals surface area contributed by atoms with Gasteiger partial charge in [0.1, 0.15) is 5.69 Å². The molecule has 0 saturated carbocycles. The van der Waals surface area contributed by atoms with Gasteiger partial charge in [0.15, 0.2) is 11.5 Å². The molecule has 7 heteroatoms. The molecule has 0 aliphatic carbocycles. The lowest BCUT2D eigenvalue weighted by atomic mass is 10.0. The average Bonchev–Trinajstić information content (AvgIpc) is 3.39. The van der Waals surface area contributed by atoms with Gasteiger partial charge in [-0.3, -0.25) is 9.89 Å². The molecule has 2 N–H and O–H groups in total. The number of rotatable bonds is 4. The molecule has 0 radical (unpaired) electrons. The van der Waals surface area contributed by atoms with Gasteiger partial charge in [-0.25, -0.2) is 0 Å². The Hall–Kier alpha value is -2.57. The van der Waals surface area contributed by atoms with E-state index >= 15 is 0 Å². The van der Waals surface area contributed by atoms with Gasteiger partial charge in [-0.1, -0.05) is 31.2 Å². The molecule has 4 rings (SSSR count). The normalized spacial score (nSPS) is 16.8. The van der Waals surface area contributed by atoms with Gasteiger partial charge in [0.2, 0.25) is 0 Å². The van der Waals surface area contributed by atoms with Crippen molar-refractivity contribution in [2.24, 2.45) is 0 Å². The van der Waals surface area contributed by atoms with Crippen LogP contribution in [0.5, 0.6) is 0 Å². The minimum absolute atomic E-state index is 0. The number of nitrogens with zero attached hydrogens (tertiary/aromatic N) is 2. The Labute approximate surface area is 164 Å². The second-order valence-corrected chi connectivity index (χ2v) is 6.46. The number of hydrogen-bond donors (Lipinski definition) is 2. The van der Waals surface area contributed by atoms with Crippen molar-refractivity contribution in [1.82, 2.24) is 20.4 Å². The first-order valence-corrected chi connectivity index (χ1v) is 8.96. The smallest absolute Gasteiger partial charge is 0.274 e. The van der Waals surface area contributed by atoms with Crippen molar-refractivity contribution in [3.05, 3.63) is 65.5 Å². The van der Waals surface area contributed by atoms with Gasteiger partial charge in [-0.15, -0.1) is 12.4 Å². The number of furan rings is 1. The number of carbonyl (C=O) groups excluding carboxylic acids is 1. The Morgan fingerprint density at radius 1 is 1.30 bits per heavy atom. The number of nitrogens with one attached hydrogen (secondary N) is 2. The molecule has 3 aromatic rings. The zero-order valence-corrected chi connectivity index (χ0v) is 16.0. The first-order valence-electron chi connectivity index (χ1n) is 8.96. The third-order valence-electron chi connectivity index (χ3n) is 4.86. The van der Waals surface area contributed by atoms with Gasteiger partial charge >= 0.3 is 0 Å². The van der Waals surface area contributed by atoms with Crippen molar-refractivity contribution in [3.8, 4) is 11.5 Å². The van der Waals surface area contributed by atoms with E-state index in [0.717, 1.165) is 25.1 Å². The first-order chi connectivity index (χ1) is 12.8. The van der Waals surface area contributed by atoms with E-state index < -0.39 is 0 Å². The third-order valence-corrected chi connectivity index (χ3v) is 4.86. The second kappa shape index (κ2) is 8.41. The predicted octanol–water partition coefficient (Wildman–Crippen LogP) is 3.44. The molecule has 3 heterocycles. The number of aromatic amines is 1. The van der Waals surface area contributed by atoms with E-state index in [1.807, 2.05) is 17.0 Å². The molecule has 1 atom stereocenters. The molecule has 1 amide bonds. The molecule has 6 nitrogen and oxygen atoms in total. The van der Waals surface area contributed by atoms with Gasteiger partial charge < -0.3 is 14.6 Å². The summed E-state index contributed by atoms with van der Waals surface area (Å²) < 4.78 is 5.36. The van der Waals surface area contributed by atoms with Crippen LogP contribution in [0, 0.1) is 0 Å². The number of aromatic nitrogens is 2. The molecule has 27 heavy (non-hydrogen) atoms. The fourth-order valence-corrected chi connectivity index (χ4v) is 3.36. The van der Waals surface area contributed by atoms with Crippen LogP contribution in [0.4, 0.5) is 0 Å². The van der Waals surface area contributed by atoms with Crippen molar-refractivity contribution in [3.63, 3.8) is 0 Å². The van der Waals surface area contributed by atoms with Gasteiger partial charge in [0.05, 0.1) is 12.3 Å². The van der Waals surface area contributed by atoms with Gasteiger partial charge in [0, 0.05) is 25.7 Å². The molecule has 1 aromatic carbocycles. The van der Waals surface area contributed by atoms with Crippen molar-refractivity contribution in [2.45, 2.75) is 19.4 Å². The number of hydrogen-bond acceptors (Lipinski definition) is 4. The van der Waals surface area contributed by atoms with Crippen LogP contribution in [-0.4, -0.2) is 40.6 Å². The van der Waals surface area contributed by atoms with E-state index in [1.165, 1.54) is 5.56 Å². The highest BCUT2D eigenvalue weighted by Crippen LogP contribution is 2.25. The predicted molar refractivity (Wildman–Crippen MR) is 106 cm³/mol. The van der Waals surface area contributed by atoms with Crippen molar-refractivity contribution in [2.75, 3.05) is 19.6 Å². The number of benzene rings is 1. The Morgan fingerprint density at radius 3 is 2.81 bits per heavy atom. The molecule has 1 fully saturated rings. The van der Waals surface area contributed by atoms with Crippen molar-refractivity contribution >= 4 is 18.3 Å². The highest BCUT2D eigenvalue weighted by Gasteiger charge is 2.30. The van der Waals surface area contributed by atoms with E-state index in [0.29, 0.717) is 23.7 Å². The summed E-state index contributed by atoms with van der Waals surface area (Å²) in [6, 6.07) is 13.9. The van der Waals surface area contributed by atoms with Crippen LogP contribution in [0.3, 0.4) is 0 Å². The molecule has 1 unspecified atom stereocenters. The molecule has 1 aliphatic heterocycles. The van der Waals surface area contributed by atoms with E-state index in [4.69, 9.17) is 4.42 Å². The van der Waals surface area contributed by atoms with Crippen LogP contribution >= 0.6 is 12.4 Å². The highest BCUT2D eigenvalue weighted by atomic mass is 35.5. The lowest BCUT2D eigenvalue weighted by Gasteiger charge is -2.36. The maximum Gasteiger partial charge on any atom is 0.274 e. The number of halogens is 1. The summed E-state index contributed by atoms with van der Waals surface area (Å²) in [5.74, 6) is 0.605. The summed E-state index contributed by atoms with van der Waals surface area (Å²) >= 11 is 0. The third kappa shape index (κ3) is 3.91. The standard InChI is InChI=1S/C20H22N4O2.ClH/c1-2-14-5-7-15(8-6-14)18-13-21-9-10-24(18)20(25)17-12-16(22-23-17)19-4-3-11-26-19;/h3-8,11-12,18,21H,2,9-10,13H2,1H3,(H,22,23);1H. The maximum atomic E-state index is 13.1. The first kappa shape index (κ1) is 19.2. The minimum Gasteiger partial charge on any atom is -0.463 e. The lowest BCUT2D eigenvalue weighted by Crippen LogP contribution is -2.48. The second-order valence-electron chi connectivity index (χ2n) is 6.46. The van der Waals surface area contributed by atoms with Crippen LogP contribution in [-0.2, 0) is 6.42 Å². The Kier molecular flexibility index (Phi) is 5.98. The summed E-state index contributed by atoms with van der Waals surface area (Å²) in [7, 11) is 0. The van der Waals surface area contributed by atoms with Crippen LogP contribution < -0.4 is 5.32 Å². The average molecular weight is 387 g/mol. The Morgan fingerprint density at radius 2 is 2.11 bits per heavy atom. The number of aryl methyl sites for hydroxylation is 1. The highest BCUT2D eigenvalue weighted by molar-refractivity contribution is 5.93. The lowest BCUT2D eigenvalue weighted by molar-refractivity contribution is 0.0628. The Balaban J connectivity index is 0.00000210. The molecule has 142 valence electrons. The van der Waals surface area contributed by atoms with Gasteiger partial charge in [-0.05, 0) is 29.7 Å². The van der Waals surface area contributed by atoms with E-state index in [2.05, 4.69) is 46.7 Å². The Bertz CT molecular complexity index is 874. The van der Waals surface area contributed by atoms with Crippen molar-refractivity contribution < 1.29 is 9.21 Å². The van der Waals surface area contributed by atoms with Gasteiger partial charge in [-0.2, -0.15) is 5.10 Å². The van der Waals surface area contributed by atoms with E-state index in [9.17, 15) is 4.79 Å². The number of carbonyl (C=O) groups is 1. The van der Waals surface area contributed by atoms with Crippen LogP contribution in [0.25, 0.3) is 11.5 Å². The summed E-state index contributed by atoms with van der Waals surface area (Å²) in [5.41, 5.74) is 3.56. The van der Waals surface area contributed by atoms with E-state index in [-0.39, 0.29) is 24.4 Å². The summed E-state index contributed by atoms with van der Waals surface area (Å²) in [4.78, 5) is 15.0. The van der Waals surface area contributed by atoms with Crippen LogP contribution in [0.1, 0.15) is 34.6 Å². The van der Waals surface area contributed by atoms with Crippen LogP contribution in [0.15, 0.2) is 53.1 Å². The summed E-state index contributed by atoms with van der Waals surface area (Å²) in [6.07, 6.45) is 2.61. The zero-order chi connectivity index (χ0) is 17.9. The summed E-state index contributed by atoms with van der Waals surface area (Å²) in [5, 5.41) is 10.5. The molecule has 0 spiro atoms. The molecule has 2 aromatic heterocycles. The quantitative estimate of drug-likeness (QED) is 0.720. The SMILES string of the molecule is CCc1ccc(C2CNCCN2C(=O)c2cc(-c3ccco3)[nH]n2)cc1.Cl. The molecule has 0 bridgehead atoms. The topological polar surface area (TPSA) is 74.2 Å². The minimum atomic E-state index is -0.0647. The fraction of sp³-hybridized carbons (Fsp3) is 0.300. The molecule has 1 saturated heterocycles. The van der Waals surface area contributed by atoms with Gasteiger partial charge in [0.25, 0.3) is 5.91 Å². The number of H-pyrrole nitrogens is 1. The zero-order valence-electron chi connectivity index (χ0n) is 15.1. The summed E-state index contributed by atoms with van der Waals surface area (Å²) in [6.45, 7) is 4.32. The van der Waals surface area contributed by atoms with Crippen LogP contribution in [0.2, 0.25) is 0 Å². The van der Waals surface area contributed by atoms with Crippen molar-refractivity contribution in [1.29, 1.82) is 0 Å². The monoisotopic (exact) mass is 386 g/mol. The molecular formula is C20H23ClN4O2.